The van der Waals surface area contributed by atoms with Crippen LogP contribution in [0.25, 0.3) is 21.5 Å². The molecule has 1 fully saturated rings. The monoisotopic (exact) mass is 438 g/mol. The van der Waals surface area contributed by atoms with Gasteiger partial charge >= 0.3 is 7.60 Å². The average Bonchev–Trinajstić information content (AvgIpc) is 2.67. The predicted molar refractivity (Wildman–Crippen MR) is 113 cm³/mol. The van der Waals surface area contributed by atoms with Gasteiger partial charge in [-0.25, -0.2) is 4.21 Å². The van der Waals surface area contributed by atoms with Crippen LogP contribution in [0.5, 0.6) is 0 Å². The number of hydrogen-bond donors (Lipinski definition) is 0. The van der Waals surface area contributed by atoms with Gasteiger partial charge in [0.05, 0.1) is 13.2 Å². The maximum Gasteiger partial charge on any atom is 0.365 e. The van der Waals surface area contributed by atoms with Crippen molar-refractivity contribution in [2.24, 2.45) is 5.41 Å². The highest BCUT2D eigenvalue weighted by Crippen LogP contribution is 2.66. The molecule has 0 saturated carbocycles. The van der Waals surface area contributed by atoms with E-state index in [1.54, 1.807) is 0 Å². The maximum absolute atomic E-state index is 13.7. The molecular formula is C20H20ClO5PS. The molecule has 0 spiro atoms. The molecular weight excluding hydrogens is 419 g/mol. The molecule has 1 aliphatic heterocycles. The van der Waals surface area contributed by atoms with Gasteiger partial charge in [-0.05, 0) is 27.6 Å². The first kappa shape index (κ1) is 20.0. The van der Waals surface area contributed by atoms with Gasteiger partial charge in [0.15, 0.2) is 0 Å². The van der Waals surface area contributed by atoms with Crippen molar-refractivity contribution in [3.63, 3.8) is 0 Å². The highest BCUT2D eigenvalue weighted by Gasteiger charge is 2.46. The number of halogens is 1. The minimum atomic E-state index is -3.79. The van der Waals surface area contributed by atoms with E-state index in [0.29, 0.717) is 5.56 Å². The fourth-order valence-electron chi connectivity index (χ4n) is 3.39. The van der Waals surface area contributed by atoms with Crippen LogP contribution < -0.4 is 0 Å². The fraction of sp³-hybridized carbons (Fsp3) is 0.300. The Kier molecular flexibility index (Phi) is 5.38. The van der Waals surface area contributed by atoms with Crippen molar-refractivity contribution in [1.82, 2.24) is 0 Å². The maximum atomic E-state index is 13.7. The Hall–Kier alpha value is -1.27. The number of rotatable bonds is 4. The fourth-order valence-corrected chi connectivity index (χ4v) is 6.65. The zero-order valence-electron chi connectivity index (χ0n) is 15.5. The Morgan fingerprint density at radius 1 is 1.04 bits per heavy atom. The molecule has 0 aromatic heterocycles. The Morgan fingerprint density at radius 2 is 1.54 bits per heavy atom. The van der Waals surface area contributed by atoms with Gasteiger partial charge in [0.1, 0.15) is 0 Å². The van der Waals surface area contributed by atoms with Crippen LogP contribution in [0.15, 0.2) is 54.6 Å². The molecule has 5 nitrogen and oxygen atoms in total. The summed E-state index contributed by atoms with van der Waals surface area (Å²) >= 11 is 0. The van der Waals surface area contributed by atoms with Gasteiger partial charge in [-0.15, -0.1) is 0 Å². The van der Waals surface area contributed by atoms with E-state index in [4.69, 9.17) is 23.9 Å². The van der Waals surface area contributed by atoms with Gasteiger partial charge < -0.3 is 9.05 Å². The molecule has 4 rings (SSSR count). The summed E-state index contributed by atoms with van der Waals surface area (Å²) in [6.07, 6.45) is 0. The summed E-state index contributed by atoms with van der Waals surface area (Å²) in [6, 6.07) is 17.4. The Morgan fingerprint density at radius 3 is 2.04 bits per heavy atom. The Balaban J connectivity index is 1.97. The zero-order valence-corrected chi connectivity index (χ0v) is 17.9. The van der Waals surface area contributed by atoms with Gasteiger partial charge in [0.2, 0.25) is 5.85 Å². The van der Waals surface area contributed by atoms with Gasteiger partial charge in [-0.2, -0.15) is 0 Å². The van der Waals surface area contributed by atoms with Gasteiger partial charge in [-0.3, -0.25) is 8.75 Å². The van der Waals surface area contributed by atoms with Crippen LogP contribution in [0.3, 0.4) is 0 Å². The molecule has 0 bridgehead atoms. The molecule has 2 atom stereocenters. The molecule has 3 aromatic rings. The summed E-state index contributed by atoms with van der Waals surface area (Å²) in [5.41, 5.74) is 0.324. The molecule has 0 N–H and O–H groups in total. The first-order valence-corrected chi connectivity index (χ1v) is 12.3. The smallest absolute Gasteiger partial charge is 0.306 e. The van der Waals surface area contributed by atoms with E-state index in [2.05, 4.69) is 0 Å². The highest BCUT2D eigenvalue weighted by molar-refractivity contribution is 8.04. The lowest BCUT2D eigenvalue weighted by Gasteiger charge is -2.37. The lowest BCUT2D eigenvalue weighted by Crippen LogP contribution is -2.31. The van der Waals surface area contributed by atoms with Crippen molar-refractivity contribution in [2.45, 2.75) is 19.7 Å². The van der Waals surface area contributed by atoms with E-state index in [1.807, 2.05) is 68.4 Å². The first-order chi connectivity index (χ1) is 13.3. The molecule has 0 radical (unpaired) electrons. The number of fused-ring (bicyclic) bond motifs is 2. The van der Waals surface area contributed by atoms with Crippen molar-refractivity contribution in [1.29, 1.82) is 0 Å². The second-order valence-electron chi connectivity index (χ2n) is 7.63. The van der Waals surface area contributed by atoms with Crippen molar-refractivity contribution in [2.75, 3.05) is 13.2 Å². The normalized spacial score (nSPS) is 20.8. The minimum Gasteiger partial charge on any atom is -0.306 e. The van der Waals surface area contributed by atoms with E-state index >= 15 is 0 Å². The Labute approximate surface area is 170 Å². The molecule has 1 heterocycles. The third-order valence-electron chi connectivity index (χ3n) is 4.78. The van der Waals surface area contributed by atoms with Crippen molar-refractivity contribution in [3.05, 3.63) is 60.2 Å². The third kappa shape index (κ3) is 3.78. The predicted octanol–water partition coefficient (Wildman–Crippen LogP) is 6.09. The van der Waals surface area contributed by atoms with Crippen LogP contribution in [-0.4, -0.2) is 17.4 Å². The van der Waals surface area contributed by atoms with E-state index in [1.165, 1.54) is 0 Å². The summed E-state index contributed by atoms with van der Waals surface area (Å²) < 4.78 is 42.4. The summed E-state index contributed by atoms with van der Waals surface area (Å²) in [5.74, 6) is -1.21. The summed E-state index contributed by atoms with van der Waals surface area (Å²) in [7, 11) is -0.297. The quantitative estimate of drug-likeness (QED) is 0.280. The largest absolute Gasteiger partial charge is 0.365 e. The van der Waals surface area contributed by atoms with Gasteiger partial charge in [-0.1, -0.05) is 62.4 Å². The molecule has 0 amide bonds. The highest BCUT2D eigenvalue weighted by atomic mass is 35.7. The molecule has 2 unspecified atom stereocenters. The van der Waals surface area contributed by atoms with Gasteiger partial charge in [0.25, 0.3) is 10.3 Å². The van der Waals surface area contributed by atoms with Crippen LogP contribution in [0, 0.1) is 5.41 Å². The molecule has 3 aromatic carbocycles. The average molecular weight is 439 g/mol. The van der Waals surface area contributed by atoms with E-state index < -0.39 is 23.7 Å². The van der Waals surface area contributed by atoms with Crippen LogP contribution in [0.1, 0.15) is 25.3 Å². The van der Waals surface area contributed by atoms with Crippen LogP contribution >= 0.6 is 18.3 Å². The molecule has 1 saturated heterocycles. The summed E-state index contributed by atoms with van der Waals surface area (Å²) in [4.78, 5) is 0. The zero-order chi connectivity index (χ0) is 19.9. The van der Waals surface area contributed by atoms with E-state index in [-0.39, 0.29) is 18.6 Å². The minimum absolute atomic E-state index is 0.238. The van der Waals surface area contributed by atoms with Crippen molar-refractivity contribution in [3.8, 4) is 0 Å². The van der Waals surface area contributed by atoms with Crippen LogP contribution in [-0.2, 0) is 28.1 Å². The second kappa shape index (κ2) is 7.52. The molecule has 0 aliphatic carbocycles. The lowest BCUT2D eigenvalue weighted by molar-refractivity contribution is 0.0276. The molecule has 148 valence electrons. The summed E-state index contributed by atoms with van der Waals surface area (Å²) in [6.45, 7) is 4.39. The standard InChI is InChI=1S/C20H20ClO5PS/c1-20(2)12-24-27(22,25-13-20)19(26-28(21)23)18-16-9-5-3-7-14(16)11-15-8-4-6-10-17(15)18/h3-11,19H,12-13H2,1-2H3. The van der Waals surface area contributed by atoms with E-state index in [9.17, 15) is 8.77 Å². The third-order valence-corrected chi connectivity index (χ3v) is 7.40. The number of hydrogen-bond acceptors (Lipinski definition) is 5. The van der Waals surface area contributed by atoms with Crippen molar-refractivity contribution < 1.29 is 22.0 Å². The lowest BCUT2D eigenvalue weighted by atomic mass is 9.97. The van der Waals surface area contributed by atoms with Gasteiger partial charge in [0, 0.05) is 21.7 Å². The van der Waals surface area contributed by atoms with Crippen LogP contribution in [0.4, 0.5) is 0 Å². The molecule has 28 heavy (non-hydrogen) atoms. The number of benzene rings is 3. The molecule has 8 heteroatoms. The van der Waals surface area contributed by atoms with Crippen LogP contribution in [0.2, 0.25) is 0 Å². The SMILES string of the molecule is CC1(C)COP(=O)(C(OS(=O)Cl)c2c3ccccc3cc3ccccc23)OC1. The Bertz CT molecular complexity index is 1050. The second-order valence-corrected chi connectivity index (χ2v) is 11.0. The summed E-state index contributed by atoms with van der Waals surface area (Å²) in [5, 5.41) is 3.52. The van der Waals surface area contributed by atoms with E-state index in [0.717, 1.165) is 21.5 Å². The molecule has 1 aliphatic rings. The first-order valence-electron chi connectivity index (χ1n) is 8.83. The topological polar surface area (TPSA) is 61.8 Å². The van der Waals surface area contributed by atoms with Crippen molar-refractivity contribution >= 4 is 50.1 Å².